The molecule has 0 aliphatic rings. The van der Waals surface area contributed by atoms with Crippen LogP contribution in [0.15, 0.2) is 84.9 Å². The Labute approximate surface area is 126 Å². The van der Waals surface area contributed by atoms with Crippen LogP contribution in [0.5, 0.6) is 0 Å². The van der Waals surface area contributed by atoms with Crippen molar-refractivity contribution in [1.82, 2.24) is 0 Å². The van der Waals surface area contributed by atoms with Crippen LogP contribution in [-0.2, 0) is 19.5 Å². The number of carbonyl (C=O) groups is 1. The largest absolute Gasteiger partial charge is 0.748 e. The van der Waals surface area contributed by atoms with E-state index in [1.165, 1.54) is 0 Å². The Balaban J connectivity index is 0.000000256. The van der Waals surface area contributed by atoms with Gasteiger partial charge in [-0.25, -0.2) is 0 Å². The monoisotopic (exact) mass is 336 g/mol. The van der Waals surface area contributed by atoms with Crippen molar-refractivity contribution in [2.24, 2.45) is 0 Å². The maximum absolute atomic E-state index is 11.7. The summed E-state index contributed by atoms with van der Waals surface area (Å²) in [5.41, 5.74) is 1.50. The molecule has 102 valence electrons. The smallest absolute Gasteiger partial charge is 0.112 e. The van der Waals surface area contributed by atoms with Gasteiger partial charge in [-0.15, -0.1) is 12.1 Å². The fraction of sp³-hybridized carbons (Fsp3) is 0. The van der Waals surface area contributed by atoms with E-state index in [-0.39, 0.29) is 25.3 Å². The van der Waals surface area contributed by atoms with Crippen LogP contribution in [0.4, 0.5) is 0 Å². The quantitative estimate of drug-likeness (QED) is 0.392. The van der Waals surface area contributed by atoms with Crippen LogP contribution in [-0.4, -0.2) is 5.78 Å². The van der Waals surface area contributed by atoms with Crippen LogP contribution in [0.25, 0.3) is 0 Å². The predicted molar refractivity (Wildman–Crippen MR) is 73.9 cm³/mol. The minimum atomic E-state index is 0. The van der Waals surface area contributed by atoms with E-state index in [1.54, 1.807) is 0 Å². The summed E-state index contributed by atoms with van der Waals surface area (Å²) in [6, 6.07) is 26.7. The molecule has 19 heavy (non-hydrogen) atoms. The van der Waals surface area contributed by atoms with Gasteiger partial charge in [0.2, 0.25) is 0 Å². The van der Waals surface area contributed by atoms with Gasteiger partial charge in [0.05, 0.1) is 0 Å². The molecule has 0 N–H and O–H groups in total. The van der Waals surface area contributed by atoms with E-state index in [0.717, 1.165) is 11.1 Å². The second-order valence-corrected chi connectivity index (χ2v) is 3.83. The Bertz CT molecular complexity index is 533. The van der Waals surface area contributed by atoms with Gasteiger partial charge in [0.15, 0.2) is 0 Å². The molecule has 0 amide bonds. The van der Waals surface area contributed by atoms with Gasteiger partial charge >= 0.3 is 0 Å². The summed E-state index contributed by atoms with van der Waals surface area (Å²) < 4.78 is 0. The molecule has 0 saturated heterocycles. The first-order chi connectivity index (χ1) is 8.88. The molecule has 0 aliphatic carbocycles. The second kappa shape index (κ2) is 8.34. The molecule has 0 heterocycles. The van der Waals surface area contributed by atoms with Crippen molar-refractivity contribution >= 4 is 5.78 Å². The van der Waals surface area contributed by atoms with Crippen molar-refractivity contribution in [2.45, 2.75) is 0 Å². The zero-order valence-corrected chi connectivity index (χ0v) is 12.1. The Kier molecular flexibility index (Phi) is 6.70. The van der Waals surface area contributed by atoms with Crippen LogP contribution in [0.2, 0.25) is 0 Å². The maximum Gasteiger partial charge on any atom is 0.112 e. The Hall–Kier alpha value is -1.79. The number of rotatable bonds is 2. The Morgan fingerprint density at radius 1 is 0.789 bits per heavy atom. The van der Waals surface area contributed by atoms with Crippen LogP contribution in [0, 0.1) is 0 Å². The van der Waals surface area contributed by atoms with Crippen molar-refractivity contribution < 1.29 is 24.3 Å². The summed E-state index contributed by atoms with van der Waals surface area (Å²) in [5.74, 6) is 0.0885. The summed E-state index contributed by atoms with van der Waals surface area (Å²) in [4.78, 5) is 11.7. The number of carbonyl (C=O) groups excluding carboxylic acids is 1. The zero-order valence-electron chi connectivity index (χ0n) is 10.3. The van der Waals surface area contributed by atoms with E-state index in [0.29, 0.717) is 0 Å². The number of ketones is 1. The predicted octanol–water partition coefficient (Wildman–Crippen LogP) is 4.04. The van der Waals surface area contributed by atoms with Gasteiger partial charge in [-0.1, -0.05) is 41.5 Å². The molecule has 3 aromatic carbocycles. The summed E-state index contributed by atoms with van der Waals surface area (Å²) in [7, 11) is 0. The van der Waals surface area contributed by atoms with Crippen LogP contribution in [0.1, 0.15) is 15.9 Å². The molecular formula is C17H14ORu-6. The average molecular weight is 335 g/mol. The van der Waals surface area contributed by atoms with Crippen molar-refractivity contribution in [1.29, 1.82) is 0 Å². The van der Waals surface area contributed by atoms with Crippen molar-refractivity contribution in [2.75, 3.05) is 0 Å². The zero-order chi connectivity index (χ0) is 12.6. The van der Waals surface area contributed by atoms with Crippen molar-refractivity contribution in [3.05, 3.63) is 96.1 Å². The van der Waals surface area contributed by atoms with Gasteiger partial charge in [0.1, 0.15) is 5.78 Å². The third-order valence-electron chi connectivity index (χ3n) is 2.52. The van der Waals surface area contributed by atoms with E-state index < -0.39 is 0 Å². The SMILES string of the molecule is O=C(c1ccccc1)[c-]1cccc1.[Ru].[cH-]1[cH-][cH-][cH-][cH-]1. The number of hydrogen-bond acceptors (Lipinski definition) is 1. The standard InChI is InChI=1S/C12H9O.C5H5.Ru/c13-12(11-8-4-5-9-11)10-6-2-1-3-7-10;1-2-4-5-3-1;/h1-9H;1-5H;/q-1;-5;. The first kappa shape index (κ1) is 15.3. The molecule has 0 unspecified atom stereocenters. The van der Waals surface area contributed by atoms with Crippen molar-refractivity contribution in [3.63, 3.8) is 0 Å². The fourth-order valence-electron chi connectivity index (χ4n) is 1.60. The number of hydrogen-bond donors (Lipinski definition) is 0. The molecule has 1 nitrogen and oxygen atoms in total. The molecule has 2 heteroatoms. The summed E-state index contributed by atoms with van der Waals surface area (Å²) in [5, 5.41) is 0. The summed E-state index contributed by atoms with van der Waals surface area (Å²) in [6.45, 7) is 0. The van der Waals surface area contributed by atoms with Crippen LogP contribution in [0.3, 0.4) is 0 Å². The van der Waals surface area contributed by atoms with E-state index in [9.17, 15) is 4.79 Å². The Morgan fingerprint density at radius 3 is 1.74 bits per heavy atom. The molecule has 0 bridgehead atoms. The molecular weight excluding hydrogens is 321 g/mol. The van der Waals surface area contributed by atoms with Gasteiger partial charge in [-0.2, -0.15) is 12.1 Å². The summed E-state index contributed by atoms with van der Waals surface area (Å²) >= 11 is 0. The first-order valence-electron chi connectivity index (χ1n) is 5.86. The minimum Gasteiger partial charge on any atom is -0.748 e. The molecule has 0 atom stereocenters. The van der Waals surface area contributed by atoms with Crippen LogP contribution < -0.4 is 0 Å². The maximum atomic E-state index is 11.7. The molecule has 0 aromatic heterocycles. The topological polar surface area (TPSA) is 17.1 Å². The summed E-state index contributed by atoms with van der Waals surface area (Å²) in [6.07, 6.45) is 0. The van der Waals surface area contributed by atoms with Gasteiger partial charge in [0.25, 0.3) is 0 Å². The average Bonchev–Trinajstić information content (AvgIpc) is 3.14. The van der Waals surface area contributed by atoms with Crippen molar-refractivity contribution in [3.8, 4) is 0 Å². The molecule has 0 radical (unpaired) electrons. The van der Waals surface area contributed by atoms with Crippen LogP contribution >= 0.6 is 0 Å². The van der Waals surface area contributed by atoms with Gasteiger partial charge in [0, 0.05) is 19.5 Å². The molecule has 3 rings (SSSR count). The molecule has 0 saturated carbocycles. The van der Waals surface area contributed by atoms with Gasteiger partial charge in [-0.3, -0.25) is 0 Å². The van der Waals surface area contributed by atoms with Gasteiger partial charge in [-0.05, 0) is 0 Å². The Morgan fingerprint density at radius 2 is 1.26 bits per heavy atom. The second-order valence-electron chi connectivity index (χ2n) is 3.83. The first-order valence-corrected chi connectivity index (χ1v) is 5.86. The molecule has 0 aliphatic heterocycles. The fourth-order valence-corrected chi connectivity index (χ4v) is 1.60. The normalized spacial score (nSPS) is 8.84. The van der Waals surface area contributed by atoms with E-state index >= 15 is 0 Å². The minimum absolute atomic E-state index is 0. The molecule has 3 aromatic rings. The number of benzene rings is 1. The van der Waals surface area contributed by atoms with E-state index in [4.69, 9.17) is 0 Å². The third-order valence-corrected chi connectivity index (χ3v) is 2.52. The molecule has 0 spiro atoms. The van der Waals surface area contributed by atoms with E-state index in [2.05, 4.69) is 0 Å². The molecule has 0 fully saturated rings. The third kappa shape index (κ3) is 4.77. The van der Waals surface area contributed by atoms with Gasteiger partial charge < -0.3 is 35.1 Å². The van der Waals surface area contributed by atoms with E-state index in [1.807, 2.05) is 84.9 Å².